The summed E-state index contributed by atoms with van der Waals surface area (Å²) in [5.41, 5.74) is 0. The molecular formula is C7H11F2N. The number of piperidine rings is 1. The van der Waals surface area contributed by atoms with Crippen LogP contribution in [0.5, 0.6) is 0 Å². The smallest absolute Gasteiger partial charge is 0.251 e. The first-order valence-electron chi connectivity index (χ1n) is 3.80. The predicted molar refractivity (Wildman–Crippen MR) is 34.1 cm³/mol. The molecule has 58 valence electrons. The Kier molecular flexibility index (Phi) is 1.24. The minimum atomic E-state index is -2.38. The highest BCUT2D eigenvalue weighted by Crippen LogP contribution is 2.37. The van der Waals surface area contributed by atoms with E-state index in [2.05, 4.69) is 5.32 Å². The van der Waals surface area contributed by atoms with Gasteiger partial charge < -0.3 is 5.32 Å². The van der Waals surface area contributed by atoms with E-state index < -0.39 is 5.92 Å². The zero-order valence-corrected chi connectivity index (χ0v) is 5.74. The number of hydrogen-bond acceptors (Lipinski definition) is 1. The van der Waals surface area contributed by atoms with E-state index in [9.17, 15) is 8.78 Å². The topological polar surface area (TPSA) is 12.0 Å². The van der Waals surface area contributed by atoms with Crippen LogP contribution in [0.2, 0.25) is 0 Å². The van der Waals surface area contributed by atoms with Gasteiger partial charge in [-0.15, -0.1) is 0 Å². The highest BCUT2D eigenvalue weighted by atomic mass is 19.3. The van der Waals surface area contributed by atoms with Crippen molar-refractivity contribution in [3.05, 3.63) is 0 Å². The maximum atomic E-state index is 12.7. The molecule has 0 amide bonds. The fraction of sp³-hybridized carbons (Fsp3) is 1.00. The lowest BCUT2D eigenvalue weighted by Gasteiger charge is -2.28. The van der Waals surface area contributed by atoms with Crippen molar-refractivity contribution in [2.24, 2.45) is 0 Å². The highest BCUT2D eigenvalue weighted by molar-refractivity contribution is 4.95. The average molecular weight is 147 g/mol. The van der Waals surface area contributed by atoms with Crippen LogP contribution < -0.4 is 5.32 Å². The van der Waals surface area contributed by atoms with Gasteiger partial charge in [-0.25, -0.2) is 8.78 Å². The van der Waals surface area contributed by atoms with Crippen molar-refractivity contribution in [3.63, 3.8) is 0 Å². The Bertz CT molecular complexity index is 133. The van der Waals surface area contributed by atoms with Crippen molar-refractivity contribution in [3.8, 4) is 0 Å². The maximum absolute atomic E-state index is 12.7. The summed E-state index contributed by atoms with van der Waals surface area (Å²) in [5.74, 6) is -2.38. The zero-order chi connectivity index (χ0) is 7.19. The second kappa shape index (κ2) is 1.91. The van der Waals surface area contributed by atoms with E-state index in [1.807, 2.05) is 0 Å². The van der Waals surface area contributed by atoms with Crippen molar-refractivity contribution < 1.29 is 8.78 Å². The summed E-state index contributed by atoms with van der Waals surface area (Å²) in [5, 5.41) is 3.17. The molecule has 2 rings (SSSR count). The van der Waals surface area contributed by atoms with Gasteiger partial charge in [-0.3, -0.25) is 0 Å². The summed E-state index contributed by atoms with van der Waals surface area (Å²) >= 11 is 0. The highest BCUT2D eigenvalue weighted by Gasteiger charge is 2.44. The molecule has 10 heavy (non-hydrogen) atoms. The lowest BCUT2D eigenvalue weighted by molar-refractivity contribution is -0.0433. The molecule has 0 spiro atoms. The number of fused-ring (bicyclic) bond motifs is 2. The molecule has 2 aliphatic heterocycles. The SMILES string of the molecule is FC1(F)CC2CCC(C1)N2. The van der Waals surface area contributed by atoms with Crippen molar-refractivity contribution in [1.82, 2.24) is 5.32 Å². The molecule has 2 unspecified atom stereocenters. The van der Waals surface area contributed by atoms with E-state index in [-0.39, 0.29) is 24.9 Å². The molecule has 0 radical (unpaired) electrons. The lowest BCUT2D eigenvalue weighted by atomic mass is 10.0. The van der Waals surface area contributed by atoms with E-state index in [0.29, 0.717) is 0 Å². The van der Waals surface area contributed by atoms with E-state index in [0.717, 1.165) is 12.8 Å². The van der Waals surface area contributed by atoms with E-state index in [1.165, 1.54) is 0 Å². The van der Waals surface area contributed by atoms with Crippen LogP contribution in [0.3, 0.4) is 0 Å². The summed E-state index contributed by atoms with van der Waals surface area (Å²) in [7, 11) is 0. The molecule has 0 aromatic rings. The standard InChI is InChI=1S/C7H11F2N/c8-7(9)3-5-1-2-6(4-7)10-5/h5-6,10H,1-4H2. The summed E-state index contributed by atoms with van der Waals surface area (Å²) in [6, 6.07) is 0.211. The lowest BCUT2D eigenvalue weighted by Crippen LogP contribution is -2.43. The molecule has 3 heteroatoms. The molecule has 2 bridgehead atoms. The van der Waals surface area contributed by atoms with Crippen LogP contribution in [0, 0.1) is 0 Å². The fourth-order valence-corrected chi connectivity index (χ4v) is 2.03. The Morgan fingerprint density at radius 3 is 2.10 bits per heavy atom. The Morgan fingerprint density at radius 2 is 1.60 bits per heavy atom. The van der Waals surface area contributed by atoms with Gasteiger partial charge >= 0.3 is 0 Å². The molecule has 2 fully saturated rings. The van der Waals surface area contributed by atoms with Gasteiger partial charge in [-0.2, -0.15) is 0 Å². The number of halogens is 2. The third-order valence-electron chi connectivity index (χ3n) is 2.43. The van der Waals surface area contributed by atoms with Gasteiger partial charge in [0.05, 0.1) is 0 Å². The van der Waals surface area contributed by atoms with Gasteiger partial charge in [-0.05, 0) is 12.8 Å². The van der Waals surface area contributed by atoms with Crippen molar-refractivity contribution >= 4 is 0 Å². The first kappa shape index (κ1) is 6.53. The molecule has 2 aliphatic rings. The van der Waals surface area contributed by atoms with Gasteiger partial charge in [-0.1, -0.05) is 0 Å². The van der Waals surface area contributed by atoms with Gasteiger partial charge in [0, 0.05) is 24.9 Å². The normalized spacial score (nSPS) is 43.8. The van der Waals surface area contributed by atoms with Gasteiger partial charge in [0.1, 0.15) is 0 Å². The van der Waals surface area contributed by atoms with Gasteiger partial charge in [0.2, 0.25) is 0 Å². The van der Waals surface area contributed by atoms with E-state index in [4.69, 9.17) is 0 Å². The van der Waals surface area contributed by atoms with Crippen LogP contribution in [0.1, 0.15) is 25.7 Å². The summed E-state index contributed by atoms with van der Waals surface area (Å²) < 4.78 is 25.4. The molecule has 2 atom stereocenters. The molecule has 2 heterocycles. The monoisotopic (exact) mass is 147 g/mol. The molecule has 0 aromatic carbocycles. The first-order chi connectivity index (χ1) is 4.66. The Hall–Kier alpha value is -0.180. The fourth-order valence-electron chi connectivity index (χ4n) is 2.03. The third-order valence-corrected chi connectivity index (χ3v) is 2.43. The van der Waals surface area contributed by atoms with Crippen LogP contribution in [-0.2, 0) is 0 Å². The Morgan fingerprint density at radius 1 is 1.10 bits per heavy atom. The minimum Gasteiger partial charge on any atom is -0.311 e. The third kappa shape index (κ3) is 1.03. The maximum Gasteiger partial charge on any atom is 0.251 e. The van der Waals surface area contributed by atoms with Crippen LogP contribution in [0.4, 0.5) is 8.78 Å². The predicted octanol–water partition coefficient (Wildman–Crippen LogP) is 1.54. The van der Waals surface area contributed by atoms with Crippen molar-refractivity contribution in [2.45, 2.75) is 43.7 Å². The molecule has 0 aromatic heterocycles. The largest absolute Gasteiger partial charge is 0.311 e. The first-order valence-corrected chi connectivity index (χ1v) is 3.80. The summed E-state index contributed by atoms with van der Waals surface area (Å²) in [6.45, 7) is 0. The quantitative estimate of drug-likeness (QED) is 0.548. The second-order valence-corrected chi connectivity index (χ2v) is 3.40. The Balaban J connectivity index is 2.09. The summed E-state index contributed by atoms with van der Waals surface area (Å²) in [6.07, 6.45) is 2.01. The molecule has 0 aliphatic carbocycles. The van der Waals surface area contributed by atoms with Gasteiger partial charge in [0.25, 0.3) is 5.92 Å². The van der Waals surface area contributed by atoms with Crippen LogP contribution >= 0.6 is 0 Å². The second-order valence-electron chi connectivity index (χ2n) is 3.40. The van der Waals surface area contributed by atoms with Crippen molar-refractivity contribution in [1.29, 1.82) is 0 Å². The summed E-state index contributed by atoms with van der Waals surface area (Å²) in [4.78, 5) is 0. The van der Waals surface area contributed by atoms with Crippen LogP contribution in [0.15, 0.2) is 0 Å². The number of nitrogens with one attached hydrogen (secondary N) is 1. The van der Waals surface area contributed by atoms with Crippen molar-refractivity contribution in [2.75, 3.05) is 0 Å². The molecule has 1 N–H and O–H groups in total. The Labute approximate surface area is 58.8 Å². The zero-order valence-electron chi connectivity index (χ0n) is 5.74. The molecular weight excluding hydrogens is 136 g/mol. The van der Waals surface area contributed by atoms with E-state index in [1.54, 1.807) is 0 Å². The minimum absolute atomic E-state index is 0.0590. The molecule has 0 saturated carbocycles. The molecule has 1 nitrogen and oxygen atoms in total. The number of rotatable bonds is 0. The van der Waals surface area contributed by atoms with Crippen LogP contribution in [0.25, 0.3) is 0 Å². The number of hydrogen-bond donors (Lipinski definition) is 1. The van der Waals surface area contributed by atoms with Crippen LogP contribution in [-0.4, -0.2) is 18.0 Å². The van der Waals surface area contributed by atoms with Gasteiger partial charge in [0.15, 0.2) is 0 Å². The average Bonchev–Trinajstić information content (AvgIpc) is 2.08. The molecule has 2 saturated heterocycles. The number of alkyl halides is 2. The van der Waals surface area contributed by atoms with E-state index >= 15 is 0 Å².